The van der Waals surface area contributed by atoms with Crippen LogP contribution in [0.2, 0.25) is 5.02 Å². The van der Waals surface area contributed by atoms with Crippen molar-refractivity contribution in [1.29, 1.82) is 0 Å². The van der Waals surface area contributed by atoms with Gasteiger partial charge in [-0.3, -0.25) is 9.59 Å². The fraction of sp³-hybridized carbons (Fsp3) is 0.0667. The molecule has 2 amide bonds. The Labute approximate surface area is 148 Å². The summed E-state index contributed by atoms with van der Waals surface area (Å²) in [6, 6.07) is 9.31. The first-order valence-electron chi connectivity index (χ1n) is 6.41. The van der Waals surface area contributed by atoms with Gasteiger partial charge < -0.3 is 10.6 Å². The van der Waals surface area contributed by atoms with Crippen LogP contribution in [0.3, 0.4) is 0 Å². The second-order valence-corrected chi connectivity index (χ2v) is 5.93. The number of benzene rings is 2. The molecule has 2 rings (SSSR count). The molecule has 2 aromatic carbocycles. The molecule has 0 bridgehead atoms. The monoisotopic (exact) mass is 420 g/mol. The number of hydrogen-bond donors (Lipinski definition) is 2. The number of hydrogen-bond acceptors (Lipinski definition) is 2. The van der Waals surface area contributed by atoms with Gasteiger partial charge in [0.1, 0.15) is 0 Å². The van der Waals surface area contributed by atoms with E-state index in [2.05, 4.69) is 26.6 Å². The van der Waals surface area contributed by atoms with Crippen molar-refractivity contribution in [2.75, 3.05) is 10.6 Å². The van der Waals surface area contributed by atoms with Crippen molar-refractivity contribution >= 4 is 50.7 Å². The van der Waals surface area contributed by atoms with E-state index in [1.165, 1.54) is 6.07 Å². The average molecular weight is 422 g/mol. The smallest absolute Gasteiger partial charge is 0.318 e. The van der Waals surface area contributed by atoms with E-state index in [1.807, 2.05) is 0 Å². The molecule has 0 aliphatic rings. The predicted octanol–water partition coefficient (Wildman–Crippen LogP) is 4.70. The van der Waals surface area contributed by atoms with Gasteiger partial charge in [-0.05, 0) is 36.4 Å². The van der Waals surface area contributed by atoms with Gasteiger partial charge in [0.15, 0.2) is 0 Å². The molecule has 24 heavy (non-hydrogen) atoms. The Morgan fingerprint density at radius 1 is 0.958 bits per heavy atom. The summed E-state index contributed by atoms with van der Waals surface area (Å²) >= 11 is 8.69. The molecule has 0 unspecified atom stereocenters. The number of amides is 2. The minimum absolute atomic E-state index is 0.193. The summed E-state index contributed by atoms with van der Waals surface area (Å²) in [7, 11) is 0. The van der Waals surface area contributed by atoms with E-state index in [4.69, 9.17) is 11.6 Å². The van der Waals surface area contributed by atoms with Gasteiger partial charge in [0, 0.05) is 15.8 Å². The molecule has 0 saturated heterocycles. The molecule has 0 fully saturated rings. The lowest BCUT2D eigenvalue weighted by atomic mass is 10.2. The fourth-order valence-corrected chi connectivity index (χ4v) is 2.39. The van der Waals surface area contributed by atoms with Crippen LogP contribution >= 0.6 is 27.5 Å². The first kappa shape index (κ1) is 18.3. The van der Waals surface area contributed by atoms with Crippen LogP contribution in [0.25, 0.3) is 0 Å². The summed E-state index contributed by atoms with van der Waals surface area (Å²) in [5.74, 6) is -2.12. The zero-order chi connectivity index (χ0) is 17.9. The van der Waals surface area contributed by atoms with Gasteiger partial charge in [0.2, 0.25) is 0 Å². The lowest BCUT2D eigenvalue weighted by molar-refractivity contribution is -0.137. The Kier molecular flexibility index (Phi) is 5.51. The maximum atomic E-state index is 12.8. The summed E-state index contributed by atoms with van der Waals surface area (Å²) in [5, 5.41) is 3.92. The molecule has 0 spiro atoms. The molecule has 0 aliphatic carbocycles. The second-order valence-electron chi connectivity index (χ2n) is 4.61. The molecule has 0 saturated carbocycles. The third-order valence-electron chi connectivity index (χ3n) is 2.82. The van der Waals surface area contributed by atoms with E-state index < -0.39 is 28.6 Å². The minimum atomic E-state index is -4.67. The topological polar surface area (TPSA) is 58.2 Å². The van der Waals surface area contributed by atoms with Crippen molar-refractivity contribution in [3.05, 3.63) is 57.5 Å². The SMILES string of the molecule is O=C(Nc1cccc(Br)c1)C(=O)Nc1ccc(Cl)c(C(F)(F)F)c1. The standard InChI is InChI=1S/C15H9BrClF3N2O2/c16-8-2-1-3-9(6-8)21-13(23)14(24)22-10-4-5-12(17)11(7-10)15(18,19)20/h1-7H,(H,21,23)(H,22,24). The Morgan fingerprint density at radius 3 is 2.08 bits per heavy atom. The van der Waals surface area contributed by atoms with E-state index in [0.29, 0.717) is 16.2 Å². The van der Waals surface area contributed by atoms with Crippen LogP contribution in [-0.4, -0.2) is 11.8 Å². The molecule has 0 aliphatic heterocycles. The second kappa shape index (κ2) is 7.23. The average Bonchev–Trinajstić information content (AvgIpc) is 2.48. The highest BCUT2D eigenvalue weighted by molar-refractivity contribution is 9.10. The lowest BCUT2D eigenvalue weighted by Crippen LogP contribution is -2.29. The van der Waals surface area contributed by atoms with Crippen LogP contribution in [0, 0.1) is 0 Å². The van der Waals surface area contributed by atoms with Crippen LogP contribution in [0.5, 0.6) is 0 Å². The van der Waals surface area contributed by atoms with Crippen LogP contribution in [0.4, 0.5) is 24.5 Å². The molecule has 0 heterocycles. The van der Waals surface area contributed by atoms with Gasteiger partial charge in [-0.25, -0.2) is 0 Å². The van der Waals surface area contributed by atoms with Crippen molar-refractivity contribution in [1.82, 2.24) is 0 Å². The van der Waals surface area contributed by atoms with Crippen LogP contribution in [0.1, 0.15) is 5.56 Å². The summed E-state index contributed by atoms with van der Waals surface area (Å²) in [6.07, 6.45) is -4.67. The number of halogens is 5. The molecular weight excluding hydrogens is 413 g/mol. The first-order valence-corrected chi connectivity index (χ1v) is 7.58. The third-order valence-corrected chi connectivity index (χ3v) is 3.64. The molecule has 4 nitrogen and oxygen atoms in total. The molecule has 0 radical (unpaired) electrons. The van der Waals surface area contributed by atoms with Gasteiger partial charge in [-0.2, -0.15) is 13.2 Å². The maximum Gasteiger partial charge on any atom is 0.417 e. The van der Waals surface area contributed by atoms with Gasteiger partial charge in [-0.1, -0.05) is 33.6 Å². The minimum Gasteiger partial charge on any atom is -0.318 e. The van der Waals surface area contributed by atoms with Crippen molar-refractivity contribution in [3.8, 4) is 0 Å². The summed E-state index contributed by atoms with van der Waals surface area (Å²) < 4.78 is 39.0. The number of anilines is 2. The van der Waals surface area contributed by atoms with Crippen LogP contribution in [0.15, 0.2) is 46.9 Å². The summed E-state index contributed by atoms with van der Waals surface area (Å²) in [6.45, 7) is 0. The Hall–Kier alpha value is -2.06. The Balaban J connectivity index is 2.10. The largest absolute Gasteiger partial charge is 0.417 e. The number of nitrogens with one attached hydrogen (secondary N) is 2. The zero-order valence-corrected chi connectivity index (χ0v) is 14.1. The number of alkyl halides is 3. The molecule has 0 atom stereocenters. The van der Waals surface area contributed by atoms with E-state index in [-0.39, 0.29) is 5.69 Å². The zero-order valence-electron chi connectivity index (χ0n) is 11.7. The molecule has 0 aromatic heterocycles. The van der Waals surface area contributed by atoms with Crippen molar-refractivity contribution < 1.29 is 22.8 Å². The molecular formula is C15H9BrClF3N2O2. The maximum absolute atomic E-state index is 12.8. The van der Waals surface area contributed by atoms with Crippen LogP contribution in [-0.2, 0) is 15.8 Å². The number of carbonyl (C=O) groups is 2. The van der Waals surface area contributed by atoms with Gasteiger partial charge in [0.05, 0.1) is 10.6 Å². The first-order chi connectivity index (χ1) is 11.2. The normalized spacial score (nSPS) is 11.0. The van der Waals surface area contributed by atoms with E-state index in [9.17, 15) is 22.8 Å². The lowest BCUT2D eigenvalue weighted by Gasteiger charge is -2.11. The van der Waals surface area contributed by atoms with E-state index >= 15 is 0 Å². The Bertz CT molecular complexity index is 797. The quantitative estimate of drug-likeness (QED) is 0.691. The summed E-state index contributed by atoms with van der Waals surface area (Å²) in [5.41, 5.74) is -0.938. The highest BCUT2D eigenvalue weighted by Gasteiger charge is 2.33. The number of rotatable bonds is 2. The van der Waals surface area contributed by atoms with Gasteiger partial charge in [0.25, 0.3) is 0 Å². The van der Waals surface area contributed by atoms with Crippen molar-refractivity contribution in [2.45, 2.75) is 6.18 Å². The molecule has 126 valence electrons. The Morgan fingerprint density at radius 2 is 1.54 bits per heavy atom. The summed E-state index contributed by atoms with van der Waals surface area (Å²) in [4.78, 5) is 23.6. The van der Waals surface area contributed by atoms with Gasteiger partial charge in [-0.15, -0.1) is 0 Å². The van der Waals surface area contributed by atoms with Gasteiger partial charge >= 0.3 is 18.0 Å². The highest BCUT2D eigenvalue weighted by Crippen LogP contribution is 2.36. The molecule has 2 N–H and O–H groups in total. The molecule has 9 heteroatoms. The van der Waals surface area contributed by atoms with Crippen molar-refractivity contribution in [3.63, 3.8) is 0 Å². The van der Waals surface area contributed by atoms with Crippen LogP contribution < -0.4 is 10.6 Å². The highest BCUT2D eigenvalue weighted by atomic mass is 79.9. The molecule has 2 aromatic rings. The third kappa shape index (κ3) is 4.72. The fourth-order valence-electron chi connectivity index (χ4n) is 1.76. The van der Waals surface area contributed by atoms with Crippen molar-refractivity contribution in [2.24, 2.45) is 0 Å². The van der Waals surface area contributed by atoms with E-state index in [0.717, 1.165) is 6.07 Å². The number of carbonyl (C=O) groups excluding carboxylic acids is 2. The predicted molar refractivity (Wildman–Crippen MR) is 87.9 cm³/mol. The van der Waals surface area contributed by atoms with E-state index in [1.54, 1.807) is 24.3 Å².